The van der Waals surface area contributed by atoms with Crippen molar-refractivity contribution in [2.75, 3.05) is 5.73 Å². The van der Waals surface area contributed by atoms with Crippen LogP contribution < -0.4 is 5.73 Å². The maximum absolute atomic E-state index is 13.0. The summed E-state index contributed by atoms with van der Waals surface area (Å²) in [6.07, 6.45) is 3.41. The number of pyridine rings is 1. The molecule has 138 valence electrons. The van der Waals surface area contributed by atoms with Crippen LogP contribution in [0.5, 0.6) is 0 Å². The lowest BCUT2D eigenvalue weighted by molar-refractivity contribution is 0.0697. The van der Waals surface area contributed by atoms with Crippen molar-refractivity contribution < 1.29 is 4.79 Å². The Balaban J connectivity index is 1.71. The molecule has 8 nitrogen and oxygen atoms in total. The number of nitrogen functional groups attached to an aromatic ring is 1. The molecule has 0 fully saturated rings. The first-order chi connectivity index (χ1) is 13.0. The van der Waals surface area contributed by atoms with Crippen molar-refractivity contribution in [1.82, 2.24) is 30.0 Å². The minimum absolute atomic E-state index is 0.136. The zero-order valence-corrected chi connectivity index (χ0v) is 15.5. The van der Waals surface area contributed by atoms with Gasteiger partial charge >= 0.3 is 0 Å². The third-order valence-electron chi connectivity index (χ3n) is 4.90. The maximum Gasteiger partial charge on any atom is 0.275 e. The third-order valence-corrected chi connectivity index (χ3v) is 4.90. The highest BCUT2D eigenvalue weighted by Crippen LogP contribution is 2.38. The van der Waals surface area contributed by atoms with Gasteiger partial charge < -0.3 is 10.6 Å². The van der Waals surface area contributed by atoms with Crippen LogP contribution in [0.15, 0.2) is 30.6 Å². The van der Waals surface area contributed by atoms with E-state index in [2.05, 4.69) is 39.0 Å². The number of nitrogens with two attached hydrogens (primary N) is 1. The zero-order chi connectivity index (χ0) is 19.1. The summed E-state index contributed by atoms with van der Waals surface area (Å²) in [5.74, 6) is 0.336. The topological polar surface area (TPSA) is 114 Å². The molecule has 1 aliphatic heterocycles. The van der Waals surface area contributed by atoms with Crippen molar-refractivity contribution in [2.24, 2.45) is 0 Å². The molecule has 0 aliphatic carbocycles. The van der Waals surface area contributed by atoms with Gasteiger partial charge in [-0.3, -0.25) is 14.9 Å². The molecule has 3 aromatic heterocycles. The molecule has 3 N–H and O–H groups in total. The van der Waals surface area contributed by atoms with Crippen molar-refractivity contribution in [3.63, 3.8) is 0 Å². The normalized spacial score (nSPS) is 16.0. The smallest absolute Gasteiger partial charge is 0.275 e. The highest BCUT2D eigenvalue weighted by molar-refractivity contribution is 5.93. The van der Waals surface area contributed by atoms with E-state index in [1.165, 1.54) is 0 Å². The van der Waals surface area contributed by atoms with Crippen molar-refractivity contribution in [3.05, 3.63) is 53.2 Å². The fraction of sp³-hybridized carbons (Fsp3) is 0.316. The second-order valence-corrected chi connectivity index (χ2v) is 7.00. The summed E-state index contributed by atoms with van der Waals surface area (Å²) >= 11 is 0. The lowest BCUT2D eigenvalue weighted by Crippen LogP contribution is -2.28. The van der Waals surface area contributed by atoms with Crippen LogP contribution in [0, 0.1) is 0 Å². The minimum atomic E-state index is -0.211. The third kappa shape index (κ3) is 2.92. The molecule has 27 heavy (non-hydrogen) atoms. The second kappa shape index (κ2) is 6.46. The average Bonchev–Trinajstić information content (AvgIpc) is 3.27. The number of hydrogen-bond acceptors (Lipinski definition) is 6. The molecule has 1 amide bonds. The quantitative estimate of drug-likeness (QED) is 0.739. The Morgan fingerprint density at radius 1 is 1.30 bits per heavy atom. The molecule has 0 bridgehead atoms. The van der Waals surface area contributed by atoms with Gasteiger partial charge in [0.05, 0.1) is 24.0 Å². The minimum Gasteiger partial charge on any atom is -0.368 e. The van der Waals surface area contributed by atoms with Crippen LogP contribution in [0.1, 0.15) is 60.2 Å². The molecule has 4 rings (SSSR count). The van der Waals surface area contributed by atoms with Crippen LogP contribution in [-0.4, -0.2) is 36.0 Å². The zero-order valence-electron chi connectivity index (χ0n) is 15.5. The molecule has 0 spiro atoms. The summed E-state index contributed by atoms with van der Waals surface area (Å²) in [7, 11) is 0. The van der Waals surface area contributed by atoms with E-state index >= 15 is 0 Å². The number of H-pyrrole nitrogens is 1. The highest BCUT2D eigenvalue weighted by Gasteiger charge is 2.36. The van der Waals surface area contributed by atoms with Gasteiger partial charge in [-0.05, 0) is 31.0 Å². The van der Waals surface area contributed by atoms with Crippen LogP contribution in [0.4, 0.5) is 5.95 Å². The Labute approximate surface area is 156 Å². The Morgan fingerprint density at radius 3 is 2.70 bits per heavy atom. The van der Waals surface area contributed by atoms with E-state index in [0.717, 1.165) is 28.2 Å². The molecule has 0 aromatic carbocycles. The molecule has 1 aliphatic rings. The second-order valence-electron chi connectivity index (χ2n) is 7.00. The first-order valence-corrected chi connectivity index (χ1v) is 8.88. The fourth-order valence-corrected chi connectivity index (χ4v) is 3.36. The number of fused-ring (bicyclic) bond motifs is 1. The van der Waals surface area contributed by atoms with E-state index in [1.807, 2.05) is 25.1 Å². The van der Waals surface area contributed by atoms with Gasteiger partial charge in [0.15, 0.2) is 0 Å². The van der Waals surface area contributed by atoms with E-state index in [4.69, 9.17) is 5.73 Å². The number of aromatic amines is 1. The summed E-state index contributed by atoms with van der Waals surface area (Å²) < 4.78 is 0. The number of aromatic nitrogens is 5. The van der Waals surface area contributed by atoms with Gasteiger partial charge in [0, 0.05) is 29.2 Å². The molecule has 3 aromatic rings. The summed E-state index contributed by atoms with van der Waals surface area (Å²) in [4.78, 5) is 27.7. The number of carbonyl (C=O) groups is 1. The SMILES string of the molecule is CC(C)c1cc(C(=O)N2Cc3c(-c4ccncc4)nc(N)nc3[C@@H]2C)n[nH]1. The predicted molar refractivity (Wildman–Crippen MR) is 101 cm³/mol. The van der Waals surface area contributed by atoms with Gasteiger partial charge in [-0.15, -0.1) is 0 Å². The molecule has 0 saturated carbocycles. The summed E-state index contributed by atoms with van der Waals surface area (Å²) in [5.41, 5.74) is 10.6. The number of amides is 1. The van der Waals surface area contributed by atoms with E-state index < -0.39 is 0 Å². The van der Waals surface area contributed by atoms with Gasteiger partial charge in [0.1, 0.15) is 5.69 Å². The lowest BCUT2D eigenvalue weighted by atomic mass is 10.1. The van der Waals surface area contributed by atoms with Crippen molar-refractivity contribution in [1.29, 1.82) is 0 Å². The largest absolute Gasteiger partial charge is 0.368 e. The van der Waals surface area contributed by atoms with Crippen molar-refractivity contribution in [3.8, 4) is 11.3 Å². The fourth-order valence-electron chi connectivity index (χ4n) is 3.36. The van der Waals surface area contributed by atoms with Gasteiger partial charge in [-0.1, -0.05) is 13.8 Å². The van der Waals surface area contributed by atoms with Gasteiger partial charge in [-0.2, -0.15) is 5.10 Å². The Kier molecular flexibility index (Phi) is 4.10. The summed E-state index contributed by atoms with van der Waals surface area (Å²) in [6.45, 7) is 6.46. The number of nitrogens with zero attached hydrogens (tertiary/aromatic N) is 5. The van der Waals surface area contributed by atoms with Crippen molar-refractivity contribution >= 4 is 11.9 Å². The van der Waals surface area contributed by atoms with Crippen LogP contribution in [0.25, 0.3) is 11.3 Å². The van der Waals surface area contributed by atoms with Gasteiger partial charge in [-0.25, -0.2) is 9.97 Å². The molecule has 4 heterocycles. The van der Waals surface area contributed by atoms with Gasteiger partial charge in [0.2, 0.25) is 5.95 Å². The number of nitrogens with one attached hydrogen (secondary N) is 1. The number of rotatable bonds is 3. The molecule has 0 unspecified atom stereocenters. The first-order valence-electron chi connectivity index (χ1n) is 8.88. The number of hydrogen-bond donors (Lipinski definition) is 2. The Hall–Kier alpha value is -3.29. The molecule has 0 radical (unpaired) electrons. The summed E-state index contributed by atoms with van der Waals surface area (Å²) in [5, 5.41) is 7.13. The Bertz CT molecular complexity index is 997. The van der Waals surface area contributed by atoms with E-state index in [9.17, 15) is 4.79 Å². The van der Waals surface area contributed by atoms with E-state index in [1.54, 1.807) is 17.3 Å². The average molecular weight is 363 g/mol. The van der Waals surface area contributed by atoms with E-state index in [0.29, 0.717) is 12.2 Å². The number of anilines is 1. The van der Waals surface area contributed by atoms with Gasteiger partial charge in [0.25, 0.3) is 5.91 Å². The maximum atomic E-state index is 13.0. The monoisotopic (exact) mass is 363 g/mol. The molecule has 0 saturated heterocycles. The Morgan fingerprint density at radius 2 is 2.04 bits per heavy atom. The van der Waals surface area contributed by atoms with Crippen molar-refractivity contribution in [2.45, 2.75) is 39.3 Å². The van der Waals surface area contributed by atoms with Crippen LogP contribution in [-0.2, 0) is 6.54 Å². The first kappa shape index (κ1) is 17.1. The standard InChI is InChI=1S/C19H21N7O/c1-10(2)14-8-15(25-24-14)18(27)26-9-13-16(11(26)3)22-19(20)23-17(13)12-4-6-21-7-5-12/h4-8,10-11H,9H2,1-3H3,(H,24,25)(H2,20,22,23)/t11-/m0/s1. The molecular formula is C19H21N7O. The molecular weight excluding hydrogens is 342 g/mol. The van der Waals surface area contributed by atoms with Crippen LogP contribution in [0.3, 0.4) is 0 Å². The summed E-state index contributed by atoms with van der Waals surface area (Å²) in [6, 6.07) is 5.35. The highest BCUT2D eigenvalue weighted by atomic mass is 16.2. The predicted octanol–water partition coefficient (Wildman–Crippen LogP) is 2.68. The number of carbonyl (C=O) groups excluding carboxylic acids is 1. The van der Waals surface area contributed by atoms with Crippen LogP contribution in [0.2, 0.25) is 0 Å². The molecule has 1 atom stereocenters. The van der Waals surface area contributed by atoms with E-state index in [-0.39, 0.29) is 23.8 Å². The van der Waals surface area contributed by atoms with Crippen LogP contribution >= 0.6 is 0 Å². The lowest BCUT2D eigenvalue weighted by Gasteiger charge is -2.20. The molecule has 8 heteroatoms.